The summed E-state index contributed by atoms with van der Waals surface area (Å²) >= 11 is 0. The van der Waals surface area contributed by atoms with Crippen LogP contribution in [0.1, 0.15) is 12.6 Å². The fourth-order valence-corrected chi connectivity index (χ4v) is 3.74. The van der Waals surface area contributed by atoms with Gasteiger partial charge < -0.3 is 15.8 Å². The van der Waals surface area contributed by atoms with Gasteiger partial charge in [0.15, 0.2) is 0 Å². The predicted molar refractivity (Wildman–Crippen MR) is 121 cm³/mol. The summed E-state index contributed by atoms with van der Waals surface area (Å²) in [7, 11) is -1.57. The molecule has 3 aromatic carbocycles. The van der Waals surface area contributed by atoms with Crippen LogP contribution in [0, 0.1) is 0 Å². The van der Waals surface area contributed by atoms with Gasteiger partial charge >= 0.3 is 7.12 Å². The van der Waals surface area contributed by atoms with E-state index in [1.165, 1.54) is 0 Å². The Kier molecular flexibility index (Phi) is 5.17. The Balaban J connectivity index is 2.08. The summed E-state index contributed by atoms with van der Waals surface area (Å²) in [4.78, 5) is 4.82. The van der Waals surface area contributed by atoms with E-state index in [-0.39, 0.29) is 0 Å². The van der Waals surface area contributed by atoms with Gasteiger partial charge in [0.25, 0.3) is 0 Å². The molecule has 4 aromatic rings. The van der Waals surface area contributed by atoms with Crippen LogP contribution < -0.4 is 11.2 Å². The van der Waals surface area contributed by atoms with Crippen LogP contribution in [0.3, 0.4) is 0 Å². The van der Waals surface area contributed by atoms with Crippen LogP contribution in [0.15, 0.2) is 85.0 Å². The molecule has 0 spiro atoms. The topological polar surface area (TPSA) is 79.4 Å². The van der Waals surface area contributed by atoms with E-state index in [1.807, 2.05) is 91.9 Å². The highest BCUT2D eigenvalue weighted by Crippen LogP contribution is 2.34. The standard InChI is InChI=1S/C24H21BN2O2/c1-2-3-13-20(26)21-14-8-15-22(27-21)23-16-9-4-6-11-18(16)24(25(28)29)19-12-7-5-10-17(19)23/h2-15,28-29H,26H2,1H3/b3-2-,20-13-. The van der Waals surface area contributed by atoms with Crippen LogP contribution in [-0.2, 0) is 0 Å². The van der Waals surface area contributed by atoms with E-state index in [9.17, 15) is 10.0 Å². The second-order valence-corrected chi connectivity index (χ2v) is 6.81. The molecular formula is C24H21BN2O2. The SMILES string of the molecule is C/C=C\C=C(/N)c1cccc(-c2c3ccccc3c(B(O)O)c3ccccc23)n1. The van der Waals surface area contributed by atoms with Gasteiger partial charge in [-0.3, -0.25) is 0 Å². The van der Waals surface area contributed by atoms with Crippen molar-refractivity contribution in [3.8, 4) is 11.3 Å². The van der Waals surface area contributed by atoms with Crippen molar-refractivity contribution < 1.29 is 10.0 Å². The zero-order valence-corrected chi connectivity index (χ0v) is 16.1. The molecule has 0 aliphatic rings. The molecule has 0 fully saturated rings. The quantitative estimate of drug-likeness (QED) is 0.287. The van der Waals surface area contributed by atoms with E-state index < -0.39 is 7.12 Å². The lowest BCUT2D eigenvalue weighted by Crippen LogP contribution is -2.31. The van der Waals surface area contributed by atoms with Crippen molar-refractivity contribution in [2.24, 2.45) is 5.73 Å². The fraction of sp³-hybridized carbons (Fsp3) is 0.0417. The molecule has 0 aliphatic heterocycles. The highest BCUT2D eigenvalue weighted by atomic mass is 16.4. The molecule has 29 heavy (non-hydrogen) atoms. The second kappa shape index (κ2) is 7.91. The lowest BCUT2D eigenvalue weighted by Gasteiger charge is -2.16. The smallest absolute Gasteiger partial charge is 0.423 e. The number of allylic oxidation sites excluding steroid dienone is 3. The molecule has 0 radical (unpaired) electrons. The van der Waals surface area contributed by atoms with Crippen LogP contribution in [-0.4, -0.2) is 22.2 Å². The third-order valence-electron chi connectivity index (χ3n) is 5.00. The third kappa shape index (κ3) is 3.42. The average molecular weight is 380 g/mol. The highest BCUT2D eigenvalue weighted by Gasteiger charge is 2.22. The summed E-state index contributed by atoms with van der Waals surface area (Å²) in [6, 6.07) is 21.2. The Labute approximate surface area is 169 Å². The van der Waals surface area contributed by atoms with Crippen molar-refractivity contribution in [2.75, 3.05) is 0 Å². The molecule has 1 aromatic heterocycles. The van der Waals surface area contributed by atoms with Gasteiger partial charge in [0.05, 0.1) is 17.1 Å². The maximum Gasteiger partial charge on any atom is 0.489 e. The van der Waals surface area contributed by atoms with E-state index in [4.69, 9.17) is 10.7 Å². The van der Waals surface area contributed by atoms with Crippen molar-refractivity contribution in [2.45, 2.75) is 6.92 Å². The maximum atomic E-state index is 10.1. The van der Waals surface area contributed by atoms with Gasteiger partial charge in [0.1, 0.15) is 0 Å². The van der Waals surface area contributed by atoms with Gasteiger partial charge in [-0.05, 0) is 52.1 Å². The first-order chi connectivity index (χ1) is 14.1. The van der Waals surface area contributed by atoms with Crippen molar-refractivity contribution in [1.82, 2.24) is 4.98 Å². The summed E-state index contributed by atoms with van der Waals surface area (Å²) in [5.74, 6) is 0. The average Bonchev–Trinajstić information content (AvgIpc) is 2.75. The zero-order valence-electron chi connectivity index (χ0n) is 16.1. The van der Waals surface area contributed by atoms with Crippen LogP contribution in [0.2, 0.25) is 0 Å². The van der Waals surface area contributed by atoms with E-state index >= 15 is 0 Å². The molecule has 0 amide bonds. The van der Waals surface area contributed by atoms with Crippen molar-refractivity contribution in [3.05, 3.63) is 90.7 Å². The van der Waals surface area contributed by atoms with E-state index in [0.717, 1.165) is 32.8 Å². The molecule has 4 nitrogen and oxygen atoms in total. The third-order valence-corrected chi connectivity index (χ3v) is 5.00. The van der Waals surface area contributed by atoms with E-state index in [1.54, 1.807) is 0 Å². The molecular weight excluding hydrogens is 359 g/mol. The molecule has 5 heteroatoms. The van der Waals surface area contributed by atoms with Crippen LogP contribution >= 0.6 is 0 Å². The van der Waals surface area contributed by atoms with Gasteiger partial charge in [0.2, 0.25) is 0 Å². The number of fused-ring (bicyclic) bond motifs is 2. The van der Waals surface area contributed by atoms with Crippen LogP contribution in [0.25, 0.3) is 38.5 Å². The Morgan fingerprint density at radius 3 is 2.00 bits per heavy atom. The Morgan fingerprint density at radius 1 is 0.862 bits per heavy atom. The molecule has 1 heterocycles. The van der Waals surface area contributed by atoms with Gasteiger partial charge in [-0.2, -0.15) is 0 Å². The summed E-state index contributed by atoms with van der Waals surface area (Å²) in [6.45, 7) is 1.93. The minimum atomic E-state index is -1.57. The summed E-state index contributed by atoms with van der Waals surface area (Å²) in [6.07, 6.45) is 5.62. The van der Waals surface area contributed by atoms with Gasteiger partial charge in [0, 0.05) is 5.56 Å². The molecule has 0 aliphatic carbocycles. The maximum absolute atomic E-state index is 10.1. The van der Waals surface area contributed by atoms with Gasteiger partial charge in [-0.15, -0.1) is 0 Å². The van der Waals surface area contributed by atoms with Gasteiger partial charge in [-0.25, -0.2) is 4.98 Å². The highest BCUT2D eigenvalue weighted by molar-refractivity contribution is 6.66. The zero-order chi connectivity index (χ0) is 20.4. The number of rotatable bonds is 4. The monoisotopic (exact) mass is 380 g/mol. The Hall–Kier alpha value is -3.41. The van der Waals surface area contributed by atoms with E-state index in [0.29, 0.717) is 16.9 Å². The Morgan fingerprint density at radius 2 is 1.45 bits per heavy atom. The van der Waals surface area contributed by atoms with Crippen LogP contribution in [0.5, 0.6) is 0 Å². The van der Waals surface area contributed by atoms with Crippen LogP contribution in [0.4, 0.5) is 0 Å². The molecule has 0 saturated carbocycles. The second-order valence-electron chi connectivity index (χ2n) is 6.81. The lowest BCUT2D eigenvalue weighted by molar-refractivity contribution is 0.426. The predicted octanol–water partition coefficient (Wildman–Crippen LogP) is 3.61. The number of nitrogens with zero attached hydrogens (tertiary/aromatic N) is 1. The van der Waals surface area contributed by atoms with Gasteiger partial charge in [-0.1, -0.05) is 66.7 Å². The van der Waals surface area contributed by atoms with Crippen molar-refractivity contribution in [3.63, 3.8) is 0 Å². The summed E-state index contributed by atoms with van der Waals surface area (Å²) in [5.41, 5.74) is 9.71. The first-order valence-electron chi connectivity index (χ1n) is 9.47. The van der Waals surface area contributed by atoms with E-state index in [2.05, 4.69) is 0 Å². The molecule has 0 unspecified atom stereocenters. The molecule has 0 atom stereocenters. The number of benzene rings is 3. The first kappa shape index (κ1) is 18.9. The Bertz CT molecular complexity index is 1210. The molecule has 142 valence electrons. The minimum absolute atomic E-state index is 0.503. The summed E-state index contributed by atoms with van der Waals surface area (Å²) < 4.78 is 0. The first-order valence-corrected chi connectivity index (χ1v) is 9.47. The minimum Gasteiger partial charge on any atom is -0.423 e. The lowest BCUT2D eigenvalue weighted by atomic mass is 9.72. The molecule has 4 rings (SSSR count). The number of hydrogen-bond donors (Lipinski definition) is 3. The number of nitrogens with two attached hydrogens (primary N) is 1. The molecule has 0 saturated heterocycles. The normalized spacial score (nSPS) is 12.2. The van der Waals surface area contributed by atoms with Crippen molar-refractivity contribution in [1.29, 1.82) is 0 Å². The summed E-state index contributed by atoms with van der Waals surface area (Å²) in [5, 5.41) is 23.6. The molecule has 4 N–H and O–H groups in total. The fourth-order valence-electron chi connectivity index (χ4n) is 3.74. The molecule has 0 bridgehead atoms. The number of aromatic nitrogens is 1. The number of pyridine rings is 1. The largest absolute Gasteiger partial charge is 0.489 e. The van der Waals surface area contributed by atoms with Crippen molar-refractivity contribution >= 4 is 39.8 Å². The number of hydrogen-bond acceptors (Lipinski definition) is 4.